The summed E-state index contributed by atoms with van der Waals surface area (Å²) in [5.74, 6) is -0.283. The van der Waals surface area contributed by atoms with Gasteiger partial charge in [-0.3, -0.25) is 4.79 Å². The molecular formula is C22H22N4O3. The Morgan fingerprint density at radius 3 is 2.38 bits per heavy atom. The van der Waals surface area contributed by atoms with E-state index >= 15 is 0 Å². The van der Waals surface area contributed by atoms with Crippen molar-refractivity contribution in [3.63, 3.8) is 0 Å². The van der Waals surface area contributed by atoms with E-state index in [4.69, 9.17) is 4.74 Å². The average Bonchev–Trinajstić information content (AvgIpc) is 2.76. The van der Waals surface area contributed by atoms with Gasteiger partial charge in [0.1, 0.15) is 5.69 Å². The van der Waals surface area contributed by atoms with Crippen molar-refractivity contribution in [1.82, 2.24) is 9.97 Å². The summed E-state index contributed by atoms with van der Waals surface area (Å²) >= 11 is 0. The molecule has 0 saturated heterocycles. The smallest absolute Gasteiger partial charge is 0.338 e. The number of hydrogen-bond acceptors (Lipinski definition) is 6. The molecule has 0 atom stereocenters. The standard InChI is InChI=1S/C22H22N4O3/c1-3-26(18-8-6-5-7-9-18)20(27)19-14-15-23-22(25-19)24-17-12-10-16(11-13-17)21(28)29-4-2/h5-15H,3-4H2,1-2H3,(H,23,24,25). The Labute approximate surface area is 169 Å². The number of ether oxygens (including phenoxy) is 1. The summed E-state index contributed by atoms with van der Waals surface area (Å²) in [5.41, 5.74) is 2.25. The van der Waals surface area contributed by atoms with Crippen molar-refractivity contribution in [2.24, 2.45) is 0 Å². The average molecular weight is 390 g/mol. The van der Waals surface area contributed by atoms with E-state index in [1.165, 1.54) is 6.20 Å². The third kappa shape index (κ3) is 4.95. The Balaban J connectivity index is 1.75. The van der Waals surface area contributed by atoms with Crippen molar-refractivity contribution in [2.75, 3.05) is 23.4 Å². The zero-order chi connectivity index (χ0) is 20.6. The molecular weight excluding hydrogens is 368 g/mol. The summed E-state index contributed by atoms with van der Waals surface area (Å²) in [5, 5.41) is 3.05. The van der Waals surface area contributed by atoms with Gasteiger partial charge in [0.15, 0.2) is 0 Å². The van der Waals surface area contributed by atoms with Crippen molar-refractivity contribution < 1.29 is 14.3 Å². The van der Waals surface area contributed by atoms with Gasteiger partial charge in [-0.05, 0) is 56.3 Å². The van der Waals surface area contributed by atoms with Gasteiger partial charge in [-0.2, -0.15) is 0 Å². The van der Waals surface area contributed by atoms with Crippen molar-refractivity contribution in [2.45, 2.75) is 13.8 Å². The molecule has 1 aromatic heterocycles. The molecule has 29 heavy (non-hydrogen) atoms. The maximum absolute atomic E-state index is 12.9. The maximum Gasteiger partial charge on any atom is 0.338 e. The van der Waals surface area contributed by atoms with Crippen LogP contribution in [-0.4, -0.2) is 35.0 Å². The molecule has 148 valence electrons. The molecule has 0 aliphatic heterocycles. The number of aromatic nitrogens is 2. The second-order valence-corrected chi connectivity index (χ2v) is 6.07. The Kier molecular flexibility index (Phi) is 6.52. The molecule has 7 nitrogen and oxygen atoms in total. The van der Waals surface area contributed by atoms with Crippen LogP contribution < -0.4 is 10.2 Å². The Bertz CT molecular complexity index is 975. The Hall–Kier alpha value is -3.74. The lowest BCUT2D eigenvalue weighted by molar-refractivity contribution is 0.0526. The first-order chi connectivity index (χ1) is 14.1. The minimum absolute atomic E-state index is 0.207. The fourth-order valence-electron chi connectivity index (χ4n) is 2.76. The van der Waals surface area contributed by atoms with Crippen LogP contribution in [0.25, 0.3) is 0 Å². The number of anilines is 3. The number of para-hydroxylation sites is 1. The molecule has 3 aromatic rings. The van der Waals surface area contributed by atoms with E-state index in [0.29, 0.717) is 30.4 Å². The van der Waals surface area contributed by atoms with E-state index in [-0.39, 0.29) is 17.6 Å². The molecule has 1 N–H and O–H groups in total. The maximum atomic E-state index is 12.9. The van der Waals surface area contributed by atoms with Gasteiger partial charge in [0, 0.05) is 24.1 Å². The summed E-state index contributed by atoms with van der Waals surface area (Å²) in [6, 6.07) is 17.8. The first-order valence-electron chi connectivity index (χ1n) is 9.36. The van der Waals surface area contributed by atoms with Crippen LogP contribution in [0.3, 0.4) is 0 Å². The number of carbonyl (C=O) groups is 2. The third-order valence-electron chi connectivity index (χ3n) is 4.16. The zero-order valence-electron chi connectivity index (χ0n) is 16.3. The molecule has 2 aromatic carbocycles. The van der Waals surface area contributed by atoms with E-state index in [1.807, 2.05) is 37.3 Å². The van der Waals surface area contributed by atoms with Gasteiger partial charge in [-0.25, -0.2) is 14.8 Å². The predicted octanol–water partition coefficient (Wildman–Crippen LogP) is 4.06. The molecule has 0 bridgehead atoms. The molecule has 3 rings (SSSR count). The molecule has 0 aliphatic carbocycles. The van der Waals surface area contributed by atoms with Gasteiger partial charge in [-0.1, -0.05) is 18.2 Å². The number of hydrogen-bond donors (Lipinski definition) is 1. The Morgan fingerprint density at radius 1 is 1.00 bits per heavy atom. The van der Waals surface area contributed by atoms with E-state index < -0.39 is 0 Å². The van der Waals surface area contributed by atoms with Crippen molar-refractivity contribution in [3.05, 3.63) is 78.1 Å². The largest absolute Gasteiger partial charge is 0.462 e. The summed E-state index contributed by atoms with van der Waals surface area (Å²) < 4.78 is 4.97. The molecule has 0 fully saturated rings. The molecule has 0 spiro atoms. The first kappa shape index (κ1) is 20.0. The SMILES string of the molecule is CCOC(=O)c1ccc(Nc2nccc(C(=O)N(CC)c3ccccc3)n2)cc1. The minimum Gasteiger partial charge on any atom is -0.462 e. The number of nitrogens with one attached hydrogen (secondary N) is 1. The van der Waals surface area contributed by atoms with Crippen LogP contribution in [0.4, 0.5) is 17.3 Å². The highest BCUT2D eigenvalue weighted by Gasteiger charge is 2.18. The summed E-state index contributed by atoms with van der Waals surface area (Å²) in [4.78, 5) is 34.8. The fourth-order valence-corrected chi connectivity index (χ4v) is 2.76. The monoisotopic (exact) mass is 390 g/mol. The van der Waals surface area contributed by atoms with Crippen LogP contribution in [-0.2, 0) is 4.74 Å². The third-order valence-corrected chi connectivity index (χ3v) is 4.16. The highest BCUT2D eigenvalue weighted by molar-refractivity contribution is 6.04. The van der Waals surface area contributed by atoms with Crippen LogP contribution in [0.15, 0.2) is 66.9 Å². The number of carbonyl (C=O) groups excluding carboxylic acids is 2. The van der Waals surface area contributed by atoms with Crippen molar-refractivity contribution in [1.29, 1.82) is 0 Å². The topological polar surface area (TPSA) is 84.4 Å². The van der Waals surface area contributed by atoms with Gasteiger partial charge in [-0.15, -0.1) is 0 Å². The van der Waals surface area contributed by atoms with Crippen molar-refractivity contribution in [3.8, 4) is 0 Å². The zero-order valence-corrected chi connectivity index (χ0v) is 16.3. The van der Waals surface area contributed by atoms with Gasteiger partial charge < -0.3 is 15.0 Å². The number of rotatable bonds is 7. The molecule has 1 amide bonds. The van der Waals surface area contributed by atoms with Crippen molar-refractivity contribution >= 4 is 29.2 Å². The second-order valence-electron chi connectivity index (χ2n) is 6.07. The summed E-state index contributed by atoms with van der Waals surface area (Å²) in [6.07, 6.45) is 1.54. The molecule has 0 saturated carbocycles. The molecule has 0 radical (unpaired) electrons. The van der Waals surface area contributed by atoms with Gasteiger partial charge in [0.2, 0.25) is 5.95 Å². The number of amides is 1. The van der Waals surface area contributed by atoms with Gasteiger partial charge in [0.05, 0.1) is 12.2 Å². The lowest BCUT2D eigenvalue weighted by Gasteiger charge is -2.20. The van der Waals surface area contributed by atoms with Crippen LogP contribution in [0.1, 0.15) is 34.7 Å². The quantitative estimate of drug-likeness (QED) is 0.613. The minimum atomic E-state index is -0.372. The normalized spacial score (nSPS) is 10.3. The molecule has 0 unspecified atom stereocenters. The predicted molar refractivity (Wildman–Crippen MR) is 112 cm³/mol. The van der Waals surface area contributed by atoms with Crippen LogP contribution in [0, 0.1) is 0 Å². The van der Waals surface area contributed by atoms with Gasteiger partial charge in [0.25, 0.3) is 5.91 Å². The van der Waals surface area contributed by atoms with Crippen LogP contribution in [0.5, 0.6) is 0 Å². The van der Waals surface area contributed by atoms with Crippen LogP contribution >= 0.6 is 0 Å². The fraction of sp³-hybridized carbons (Fsp3) is 0.182. The molecule has 1 heterocycles. The second kappa shape index (κ2) is 9.45. The lowest BCUT2D eigenvalue weighted by Crippen LogP contribution is -2.31. The molecule has 0 aliphatic rings. The summed E-state index contributed by atoms with van der Waals surface area (Å²) in [7, 11) is 0. The number of esters is 1. The molecule has 7 heteroatoms. The lowest BCUT2D eigenvalue weighted by atomic mass is 10.2. The summed E-state index contributed by atoms with van der Waals surface area (Å²) in [6.45, 7) is 4.52. The van der Waals surface area contributed by atoms with E-state index in [9.17, 15) is 9.59 Å². The van der Waals surface area contributed by atoms with Gasteiger partial charge >= 0.3 is 5.97 Å². The highest BCUT2D eigenvalue weighted by atomic mass is 16.5. The number of benzene rings is 2. The van der Waals surface area contributed by atoms with E-state index in [2.05, 4.69) is 15.3 Å². The van der Waals surface area contributed by atoms with Crippen LogP contribution in [0.2, 0.25) is 0 Å². The van der Waals surface area contributed by atoms with E-state index in [0.717, 1.165) is 5.69 Å². The number of nitrogens with zero attached hydrogens (tertiary/aromatic N) is 3. The Morgan fingerprint density at radius 2 is 1.72 bits per heavy atom. The van der Waals surface area contributed by atoms with E-state index in [1.54, 1.807) is 42.2 Å². The first-order valence-corrected chi connectivity index (χ1v) is 9.36. The highest BCUT2D eigenvalue weighted by Crippen LogP contribution is 2.18.